The first kappa shape index (κ1) is 12.2. The molecule has 17 heavy (non-hydrogen) atoms. The van der Waals surface area contributed by atoms with Crippen molar-refractivity contribution in [3.8, 4) is 5.69 Å². The van der Waals surface area contributed by atoms with Crippen molar-refractivity contribution in [1.82, 2.24) is 9.78 Å². The summed E-state index contributed by atoms with van der Waals surface area (Å²) in [4.78, 5) is 0. The number of hydrogen-bond donors (Lipinski definition) is 2. The van der Waals surface area contributed by atoms with E-state index in [9.17, 15) is 0 Å². The summed E-state index contributed by atoms with van der Waals surface area (Å²) in [5, 5.41) is 16.4. The normalized spacial score (nSPS) is 11.8. The zero-order valence-corrected chi connectivity index (χ0v) is 11.4. The summed E-state index contributed by atoms with van der Waals surface area (Å²) in [6, 6.07) is 5.06. The molecule has 0 unspecified atom stereocenters. The monoisotopic (exact) mass is 362 g/mol. The van der Waals surface area contributed by atoms with Gasteiger partial charge in [0.2, 0.25) is 0 Å². The van der Waals surface area contributed by atoms with Crippen LogP contribution in [-0.4, -0.2) is 20.8 Å². The van der Waals surface area contributed by atoms with Crippen LogP contribution < -0.4 is 5.73 Å². The number of amidine groups is 1. The lowest BCUT2D eigenvalue weighted by atomic mass is 10.1. The van der Waals surface area contributed by atoms with Gasteiger partial charge in [0.15, 0.2) is 5.84 Å². The fourth-order valence-corrected chi connectivity index (χ4v) is 1.95. The van der Waals surface area contributed by atoms with Crippen molar-refractivity contribution < 1.29 is 5.21 Å². The molecule has 1 aromatic heterocycles. The number of nitrogens with zero attached hydrogens (tertiary/aromatic N) is 3. The maximum absolute atomic E-state index is 8.73. The van der Waals surface area contributed by atoms with Gasteiger partial charge in [-0.2, -0.15) is 5.10 Å². The van der Waals surface area contributed by atoms with Gasteiger partial charge in [-0.15, -0.1) is 0 Å². The quantitative estimate of drug-likeness (QED) is 0.283. The summed E-state index contributed by atoms with van der Waals surface area (Å²) in [5.74, 6) is 0.0159. The molecule has 0 fully saturated rings. The van der Waals surface area contributed by atoms with Gasteiger partial charge in [0.1, 0.15) is 0 Å². The van der Waals surface area contributed by atoms with Crippen molar-refractivity contribution in [3.63, 3.8) is 0 Å². The van der Waals surface area contributed by atoms with E-state index in [0.717, 1.165) is 3.57 Å². The van der Waals surface area contributed by atoms with Gasteiger partial charge >= 0.3 is 0 Å². The van der Waals surface area contributed by atoms with Crippen LogP contribution in [0.4, 0.5) is 0 Å². The van der Waals surface area contributed by atoms with Crippen molar-refractivity contribution in [2.45, 2.75) is 0 Å². The first-order valence-corrected chi connectivity index (χ1v) is 6.05. The highest BCUT2D eigenvalue weighted by atomic mass is 127. The smallest absolute Gasteiger partial charge is 0.172 e. The zero-order valence-electron chi connectivity index (χ0n) is 8.51. The van der Waals surface area contributed by atoms with Crippen molar-refractivity contribution in [2.75, 3.05) is 0 Å². The van der Waals surface area contributed by atoms with E-state index in [4.69, 9.17) is 22.5 Å². The largest absolute Gasteiger partial charge is 0.409 e. The Balaban J connectivity index is 2.62. The lowest BCUT2D eigenvalue weighted by Gasteiger charge is -2.08. The van der Waals surface area contributed by atoms with E-state index in [-0.39, 0.29) is 5.84 Å². The Morgan fingerprint density at radius 2 is 2.29 bits per heavy atom. The summed E-state index contributed by atoms with van der Waals surface area (Å²) in [7, 11) is 0. The van der Waals surface area contributed by atoms with Gasteiger partial charge in [0, 0.05) is 16.8 Å². The van der Waals surface area contributed by atoms with E-state index in [0.29, 0.717) is 16.3 Å². The topological polar surface area (TPSA) is 76.4 Å². The summed E-state index contributed by atoms with van der Waals surface area (Å²) in [6.07, 6.45) is 3.53. The average Bonchev–Trinajstić information content (AvgIpc) is 2.75. The van der Waals surface area contributed by atoms with Crippen molar-refractivity contribution in [3.05, 3.63) is 44.7 Å². The number of hydrogen-bond acceptors (Lipinski definition) is 3. The van der Waals surface area contributed by atoms with Gasteiger partial charge in [0.25, 0.3) is 0 Å². The van der Waals surface area contributed by atoms with E-state index < -0.39 is 0 Å². The highest BCUT2D eigenvalue weighted by Crippen LogP contribution is 2.20. The van der Waals surface area contributed by atoms with E-state index in [1.807, 2.05) is 6.20 Å². The van der Waals surface area contributed by atoms with Crippen LogP contribution in [0.5, 0.6) is 0 Å². The van der Waals surface area contributed by atoms with Crippen molar-refractivity contribution >= 4 is 40.0 Å². The Bertz CT molecular complexity index is 581. The molecule has 0 saturated heterocycles. The molecule has 3 N–H and O–H groups in total. The fraction of sp³-hybridized carbons (Fsp3) is 0. The first-order chi connectivity index (χ1) is 8.11. The van der Waals surface area contributed by atoms with Crippen molar-refractivity contribution in [2.24, 2.45) is 10.9 Å². The maximum atomic E-state index is 8.73. The van der Waals surface area contributed by atoms with E-state index in [2.05, 4.69) is 32.8 Å². The molecule has 0 atom stereocenters. The highest BCUT2D eigenvalue weighted by Gasteiger charge is 2.10. The number of aromatic nitrogens is 2. The molecule has 1 heterocycles. The minimum Gasteiger partial charge on any atom is -0.409 e. The second-order valence-electron chi connectivity index (χ2n) is 3.25. The Hall–Kier alpha value is -1.28. The summed E-state index contributed by atoms with van der Waals surface area (Å²) >= 11 is 8.08. The third-order valence-electron chi connectivity index (χ3n) is 2.14. The molecular formula is C10H8ClIN4O. The molecule has 0 amide bonds. The van der Waals surface area contributed by atoms with Gasteiger partial charge in [-0.25, -0.2) is 4.68 Å². The predicted octanol–water partition coefficient (Wildman–Crippen LogP) is 2.22. The van der Waals surface area contributed by atoms with Gasteiger partial charge in [-0.05, 0) is 40.8 Å². The second kappa shape index (κ2) is 4.92. The molecular weight excluding hydrogens is 354 g/mol. The van der Waals surface area contributed by atoms with Gasteiger partial charge in [-0.1, -0.05) is 16.8 Å². The lowest BCUT2D eigenvalue weighted by molar-refractivity contribution is 0.318. The third kappa shape index (κ3) is 2.52. The fourth-order valence-electron chi connectivity index (χ4n) is 1.40. The minimum atomic E-state index is 0.0159. The SMILES string of the molecule is NC(=NO)c1ccc(Cl)cc1-n1cc(I)cn1. The molecule has 1 aromatic carbocycles. The van der Waals surface area contributed by atoms with Crippen LogP contribution in [0.1, 0.15) is 5.56 Å². The number of oxime groups is 1. The van der Waals surface area contributed by atoms with Gasteiger partial charge in [0.05, 0.1) is 15.5 Å². The zero-order chi connectivity index (χ0) is 12.4. The van der Waals surface area contributed by atoms with Gasteiger partial charge < -0.3 is 10.9 Å². The Kier molecular flexibility index (Phi) is 3.53. The number of nitrogens with two attached hydrogens (primary N) is 1. The molecule has 7 heteroatoms. The lowest BCUT2D eigenvalue weighted by Crippen LogP contribution is -2.16. The molecule has 0 bridgehead atoms. The van der Waals surface area contributed by atoms with Crippen LogP contribution in [0.2, 0.25) is 5.02 Å². The summed E-state index contributed by atoms with van der Waals surface area (Å²) < 4.78 is 2.61. The molecule has 0 spiro atoms. The molecule has 2 aromatic rings. The maximum Gasteiger partial charge on any atom is 0.172 e. The molecule has 0 radical (unpaired) electrons. The molecule has 0 aliphatic carbocycles. The minimum absolute atomic E-state index is 0.0159. The first-order valence-electron chi connectivity index (χ1n) is 4.60. The Morgan fingerprint density at radius 1 is 1.53 bits per heavy atom. The van der Waals surface area contributed by atoms with Crippen molar-refractivity contribution in [1.29, 1.82) is 0 Å². The second-order valence-corrected chi connectivity index (χ2v) is 4.93. The van der Waals surface area contributed by atoms with Crippen LogP contribution >= 0.6 is 34.2 Å². The average molecular weight is 363 g/mol. The van der Waals surface area contributed by atoms with Crippen LogP contribution in [0.25, 0.3) is 5.69 Å². The molecule has 0 aliphatic heterocycles. The van der Waals surface area contributed by atoms with E-state index >= 15 is 0 Å². The van der Waals surface area contributed by atoms with Crippen LogP contribution in [0.3, 0.4) is 0 Å². The van der Waals surface area contributed by atoms with Gasteiger partial charge in [-0.3, -0.25) is 0 Å². The number of benzene rings is 1. The molecule has 5 nitrogen and oxygen atoms in total. The molecule has 88 valence electrons. The van der Waals surface area contributed by atoms with Crippen LogP contribution in [-0.2, 0) is 0 Å². The molecule has 0 aliphatic rings. The number of halogens is 2. The summed E-state index contributed by atoms with van der Waals surface area (Å²) in [5.41, 5.74) is 6.83. The standard InChI is InChI=1S/C10H8ClIN4O/c11-6-1-2-8(10(13)15-17)9(3-6)16-5-7(12)4-14-16/h1-5,17H,(H2,13,15). The molecule has 0 saturated carbocycles. The Labute approximate surface area is 116 Å². The molecule has 2 rings (SSSR count). The number of rotatable bonds is 2. The third-order valence-corrected chi connectivity index (χ3v) is 2.93. The van der Waals surface area contributed by atoms with E-state index in [1.54, 1.807) is 29.1 Å². The highest BCUT2D eigenvalue weighted by molar-refractivity contribution is 14.1. The summed E-state index contributed by atoms with van der Waals surface area (Å²) in [6.45, 7) is 0. The predicted molar refractivity (Wildman–Crippen MR) is 73.8 cm³/mol. The van der Waals surface area contributed by atoms with Crippen LogP contribution in [0, 0.1) is 3.57 Å². The van der Waals surface area contributed by atoms with E-state index in [1.165, 1.54) is 0 Å². The Morgan fingerprint density at radius 3 is 2.88 bits per heavy atom. The van der Waals surface area contributed by atoms with Crippen LogP contribution in [0.15, 0.2) is 35.7 Å².